The van der Waals surface area contributed by atoms with Crippen molar-refractivity contribution < 1.29 is 13.3 Å². The van der Waals surface area contributed by atoms with Gasteiger partial charge in [-0.1, -0.05) is 11.3 Å². The number of hydrogen-bond acceptors (Lipinski definition) is 6. The van der Waals surface area contributed by atoms with E-state index in [1.807, 2.05) is 0 Å². The van der Waals surface area contributed by atoms with E-state index in [4.69, 9.17) is 5.73 Å². The molecule has 0 aliphatic rings. The van der Waals surface area contributed by atoms with Crippen molar-refractivity contribution >= 4 is 60.3 Å². The number of nitrogens with one attached hydrogen (secondary N) is 1. The van der Waals surface area contributed by atoms with Gasteiger partial charge in [-0.2, -0.15) is 0 Å². The second-order valence-corrected chi connectivity index (χ2v) is 7.92. The highest BCUT2D eigenvalue weighted by Gasteiger charge is 2.24. The summed E-state index contributed by atoms with van der Waals surface area (Å²) in [4.78, 5) is 9.96. The van der Waals surface area contributed by atoms with Gasteiger partial charge in [0.25, 0.3) is 10.0 Å². The first-order chi connectivity index (χ1) is 9.29. The minimum absolute atomic E-state index is 0.141. The number of halogens is 1. The van der Waals surface area contributed by atoms with Crippen molar-refractivity contribution in [2.75, 3.05) is 10.5 Å². The fourth-order valence-corrected chi connectivity index (χ4v) is 4.00. The Kier molecular flexibility index (Phi) is 4.15. The van der Waals surface area contributed by atoms with E-state index in [1.54, 1.807) is 24.3 Å². The molecule has 2 aromatic rings. The third-order valence-corrected chi connectivity index (χ3v) is 5.80. The fraction of sp³-hybridized carbons (Fsp3) is 0. The number of anilines is 2. The number of rotatable bonds is 4. The Balaban J connectivity index is 2.33. The summed E-state index contributed by atoms with van der Waals surface area (Å²) in [7, 11) is -3.88. The van der Waals surface area contributed by atoms with E-state index in [9.17, 15) is 18.5 Å². The summed E-state index contributed by atoms with van der Waals surface area (Å²) >= 11 is 2.75. The zero-order valence-corrected chi connectivity index (χ0v) is 13.5. The molecule has 2 rings (SSSR count). The molecule has 0 radical (unpaired) electrons. The number of nitrogen functional groups attached to an aromatic ring is 1. The molecule has 0 fully saturated rings. The van der Waals surface area contributed by atoms with Gasteiger partial charge < -0.3 is 5.73 Å². The van der Waals surface area contributed by atoms with Crippen LogP contribution in [0.15, 0.2) is 34.5 Å². The van der Waals surface area contributed by atoms with Crippen molar-refractivity contribution in [1.29, 1.82) is 0 Å². The number of hydrogen-bond donors (Lipinski definition) is 2. The van der Waals surface area contributed by atoms with Crippen molar-refractivity contribution in [1.82, 2.24) is 0 Å². The molecule has 0 aliphatic carbocycles. The lowest BCUT2D eigenvalue weighted by molar-refractivity contribution is -0.383. The van der Waals surface area contributed by atoms with E-state index < -0.39 is 20.6 Å². The molecule has 0 atom stereocenters. The first kappa shape index (κ1) is 15.0. The van der Waals surface area contributed by atoms with Gasteiger partial charge in [0.05, 0.1) is 4.92 Å². The lowest BCUT2D eigenvalue weighted by atomic mass is 10.3. The summed E-state index contributed by atoms with van der Waals surface area (Å²) in [6.45, 7) is 0. The standard InChI is InChI=1S/C10H8IN3O4S2/c11-6-1-3-7(4-2-6)13-20(17,18)9-5-8(14(15)16)10(12)19-9/h1-5,13H,12H2. The van der Waals surface area contributed by atoms with Gasteiger partial charge in [0, 0.05) is 15.3 Å². The Morgan fingerprint density at radius 3 is 2.40 bits per heavy atom. The van der Waals surface area contributed by atoms with Gasteiger partial charge in [-0.15, -0.1) is 0 Å². The minimum Gasteiger partial charge on any atom is -0.385 e. The number of benzene rings is 1. The van der Waals surface area contributed by atoms with Crippen molar-refractivity contribution in [2.24, 2.45) is 0 Å². The van der Waals surface area contributed by atoms with Crippen LogP contribution in [0.1, 0.15) is 0 Å². The first-order valence-electron chi connectivity index (χ1n) is 5.11. The van der Waals surface area contributed by atoms with E-state index >= 15 is 0 Å². The molecule has 0 aliphatic heterocycles. The number of nitrogens with zero attached hydrogens (tertiary/aromatic N) is 1. The Hall–Kier alpha value is -1.40. The highest BCUT2D eigenvalue weighted by atomic mass is 127. The Morgan fingerprint density at radius 1 is 1.30 bits per heavy atom. The Morgan fingerprint density at radius 2 is 1.90 bits per heavy atom. The molecule has 3 N–H and O–H groups in total. The van der Waals surface area contributed by atoms with Crippen LogP contribution < -0.4 is 10.5 Å². The number of nitrogens with two attached hydrogens (primary N) is 1. The molecule has 20 heavy (non-hydrogen) atoms. The molecule has 1 aromatic heterocycles. The third-order valence-electron chi connectivity index (χ3n) is 2.28. The van der Waals surface area contributed by atoms with Gasteiger partial charge in [0.2, 0.25) is 0 Å². The van der Waals surface area contributed by atoms with Crippen LogP contribution >= 0.6 is 33.9 Å². The smallest absolute Gasteiger partial charge is 0.304 e. The molecule has 0 saturated carbocycles. The summed E-state index contributed by atoms with van der Waals surface area (Å²) < 4.78 is 27.3. The number of thiophene rings is 1. The van der Waals surface area contributed by atoms with E-state index in [0.29, 0.717) is 17.0 Å². The van der Waals surface area contributed by atoms with Crippen LogP contribution in [0.5, 0.6) is 0 Å². The maximum Gasteiger partial charge on any atom is 0.304 e. The lowest BCUT2D eigenvalue weighted by Crippen LogP contribution is -2.11. The molecule has 1 heterocycles. The average Bonchev–Trinajstić information content (AvgIpc) is 2.75. The summed E-state index contributed by atoms with van der Waals surface area (Å²) in [6.07, 6.45) is 0. The highest BCUT2D eigenvalue weighted by Crippen LogP contribution is 2.35. The molecule has 0 spiro atoms. The van der Waals surface area contributed by atoms with Gasteiger partial charge in [-0.05, 0) is 46.9 Å². The molecule has 106 valence electrons. The SMILES string of the molecule is Nc1sc(S(=O)(=O)Nc2ccc(I)cc2)cc1[N+](=O)[O-]. The zero-order chi connectivity index (χ0) is 14.9. The summed E-state index contributed by atoms with van der Waals surface area (Å²) in [5, 5.41) is 10.5. The fourth-order valence-electron chi connectivity index (χ4n) is 1.37. The predicted octanol–water partition coefficient (Wildman–Crippen LogP) is 2.64. The van der Waals surface area contributed by atoms with Gasteiger partial charge in [-0.25, -0.2) is 8.42 Å². The van der Waals surface area contributed by atoms with Crippen LogP contribution in [0.2, 0.25) is 0 Å². The Labute approximate surface area is 132 Å². The largest absolute Gasteiger partial charge is 0.385 e. The van der Waals surface area contributed by atoms with E-state index in [0.717, 1.165) is 9.64 Å². The monoisotopic (exact) mass is 425 g/mol. The normalized spacial score (nSPS) is 11.2. The molecule has 0 unspecified atom stereocenters. The second-order valence-electron chi connectivity index (χ2n) is 3.68. The molecule has 1 aromatic carbocycles. The topological polar surface area (TPSA) is 115 Å². The molecule has 7 nitrogen and oxygen atoms in total. The average molecular weight is 425 g/mol. The van der Waals surface area contributed by atoms with Crippen LogP contribution in [-0.4, -0.2) is 13.3 Å². The quantitative estimate of drug-likeness (QED) is 0.444. The lowest BCUT2D eigenvalue weighted by Gasteiger charge is -2.05. The number of sulfonamides is 1. The van der Waals surface area contributed by atoms with Gasteiger partial charge in [0.1, 0.15) is 4.21 Å². The van der Waals surface area contributed by atoms with Crippen LogP contribution in [0.25, 0.3) is 0 Å². The van der Waals surface area contributed by atoms with E-state index in [2.05, 4.69) is 27.3 Å². The van der Waals surface area contributed by atoms with Gasteiger partial charge in [-0.3, -0.25) is 14.8 Å². The maximum atomic E-state index is 12.1. The van der Waals surface area contributed by atoms with Gasteiger partial charge in [0.15, 0.2) is 5.00 Å². The molecule has 10 heteroatoms. The Bertz CT molecular complexity index is 755. The van der Waals surface area contributed by atoms with Crippen molar-refractivity contribution in [2.45, 2.75) is 4.21 Å². The van der Waals surface area contributed by atoms with Crippen molar-refractivity contribution in [3.05, 3.63) is 44.0 Å². The summed E-state index contributed by atoms with van der Waals surface area (Å²) in [5.41, 5.74) is 5.41. The van der Waals surface area contributed by atoms with Crippen LogP contribution in [-0.2, 0) is 10.0 Å². The van der Waals surface area contributed by atoms with Crippen LogP contribution in [0.4, 0.5) is 16.4 Å². The van der Waals surface area contributed by atoms with E-state index in [-0.39, 0.29) is 9.21 Å². The zero-order valence-electron chi connectivity index (χ0n) is 9.74. The summed E-state index contributed by atoms with van der Waals surface area (Å²) in [6, 6.07) is 7.64. The predicted molar refractivity (Wildman–Crippen MR) is 85.4 cm³/mol. The maximum absolute atomic E-state index is 12.1. The number of nitro groups is 1. The van der Waals surface area contributed by atoms with Crippen molar-refractivity contribution in [3.63, 3.8) is 0 Å². The third kappa shape index (κ3) is 3.19. The molecule has 0 bridgehead atoms. The van der Waals surface area contributed by atoms with E-state index in [1.165, 1.54) is 0 Å². The molecular formula is C10H8IN3O4S2. The van der Waals surface area contributed by atoms with Crippen molar-refractivity contribution in [3.8, 4) is 0 Å². The first-order valence-corrected chi connectivity index (χ1v) is 8.49. The molecular weight excluding hydrogens is 417 g/mol. The van der Waals surface area contributed by atoms with Crippen LogP contribution in [0, 0.1) is 13.7 Å². The minimum atomic E-state index is -3.88. The highest BCUT2D eigenvalue weighted by molar-refractivity contribution is 14.1. The second kappa shape index (κ2) is 5.54. The molecule has 0 saturated heterocycles. The van der Waals surface area contributed by atoms with Gasteiger partial charge >= 0.3 is 5.69 Å². The summed E-state index contributed by atoms with van der Waals surface area (Å²) in [5.74, 6) is 0. The van der Waals surface area contributed by atoms with Crippen LogP contribution in [0.3, 0.4) is 0 Å². The molecule has 0 amide bonds.